The number of benzene rings is 1. The Balaban J connectivity index is 2.14. The second kappa shape index (κ2) is 7.35. The second-order valence-corrected chi connectivity index (χ2v) is 9.82. The van der Waals surface area contributed by atoms with Crippen LogP contribution in [0.4, 0.5) is 0 Å². The van der Waals surface area contributed by atoms with Gasteiger partial charge in [-0.25, -0.2) is 21.6 Å². The molecule has 24 heavy (non-hydrogen) atoms. The zero-order chi connectivity index (χ0) is 18.0. The maximum atomic E-state index is 12.9. The second-order valence-electron chi connectivity index (χ2n) is 6.20. The highest BCUT2D eigenvalue weighted by atomic mass is 32.2. The minimum atomic E-state index is -3.57. The fraction of sp³-hybridized carbons (Fsp3) is 0.500. The Hall–Kier alpha value is -1.22. The molecule has 0 aliphatic carbocycles. The Morgan fingerprint density at radius 3 is 2.62 bits per heavy atom. The van der Waals surface area contributed by atoms with Crippen LogP contribution < -0.4 is 4.72 Å². The van der Waals surface area contributed by atoms with E-state index < -0.39 is 20.0 Å². The average Bonchev–Trinajstić information content (AvgIpc) is 2.53. The topological polar surface area (TPSA) is 83.6 Å². The van der Waals surface area contributed by atoms with E-state index >= 15 is 0 Å². The van der Waals surface area contributed by atoms with Gasteiger partial charge in [0, 0.05) is 25.0 Å². The molecular weight excluding hydrogens is 348 g/mol. The Morgan fingerprint density at radius 2 is 2.00 bits per heavy atom. The van der Waals surface area contributed by atoms with Gasteiger partial charge in [0.25, 0.3) is 0 Å². The van der Waals surface area contributed by atoms with E-state index in [2.05, 4.69) is 11.3 Å². The molecule has 0 bridgehead atoms. The SMILES string of the molecule is C=CS(=O)(=O)NCC1CCCN(S(=O)(=O)c2ccc(C)cc2C)C1. The summed E-state index contributed by atoms with van der Waals surface area (Å²) in [7, 11) is -7.06. The van der Waals surface area contributed by atoms with Crippen molar-refractivity contribution < 1.29 is 16.8 Å². The largest absolute Gasteiger partial charge is 0.243 e. The van der Waals surface area contributed by atoms with Crippen LogP contribution in [-0.4, -0.2) is 40.8 Å². The van der Waals surface area contributed by atoms with Crippen molar-refractivity contribution in [1.29, 1.82) is 0 Å². The van der Waals surface area contributed by atoms with E-state index in [1.165, 1.54) is 4.31 Å². The van der Waals surface area contributed by atoms with Gasteiger partial charge in [-0.2, -0.15) is 4.31 Å². The summed E-state index contributed by atoms with van der Waals surface area (Å²) in [5.41, 5.74) is 1.74. The predicted octanol–water partition coefficient (Wildman–Crippen LogP) is 1.77. The number of sulfonamides is 2. The molecule has 1 heterocycles. The van der Waals surface area contributed by atoms with E-state index in [1.54, 1.807) is 19.1 Å². The third-order valence-electron chi connectivity index (χ3n) is 4.22. The minimum absolute atomic E-state index is 0.0472. The molecule has 0 radical (unpaired) electrons. The zero-order valence-electron chi connectivity index (χ0n) is 14.0. The highest BCUT2D eigenvalue weighted by Gasteiger charge is 2.31. The van der Waals surface area contributed by atoms with E-state index in [4.69, 9.17) is 0 Å². The summed E-state index contributed by atoms with van der Waals surface area (Å²) in [5, 5.41) is 0.861. The predicted molar refractivity (Wildman–Crippen MR) is 94.5 cm³/mol. The quantitative estimate of drug-likeness (QED) is 0.825. The summed E-state index contributed by atoms with van der Waals surface area (Å²) in [6.45, 7) is 7.95. The molecule has 1 atom stereocenters. The van der Waals surface area contributed by atoms with E-state index in [0.29, 0.717) is 24.4 Å². The summed E-state index contributed by atoms with van der Waals surface area (Å²) in [5.74, 6) is -0.0472. The first-order chi connectivity index (χ1) is 11.2. The smallest absolute Gasteiger partial charge is 0.211 e. The van der Waals surface area contributed by atoms with Gasteiger partial charge in [-0.3, -0.25) is 0 Å². The zero-order valence-corrected chi connectivity index (χ0v) is 15.7. The average molecular weight is 373 g/mol. The first-order valence-electron chi connectivity index (χ1n) is 7.85. The number of nitrogens with one attached hydrogen (secondary N) is 1. The highest BCUT2D eigenvalue weighted by Crippen LogP contribution is 2.26. The highest BCUT2D eigenvalue weighted by molar-refractivity contribution is 7.92. The monoisotopic (exact) mass is 372 g/mol. The summed E-state index contributed by atoms with van der Waals surface area (Å²) in [6, 6.07) is 5.29. The van der Waals surface area contributed by atoms with Crippen LogP contribution >= 0.6 is 0 Å². The van der Waals surface area contributed by atoms with E-state index in [1.807, 2.05) is 13.0 Å². The van der Waals surface area contributed by atoms with Crippen LogP contribution in [0.3, 0.4) is 0 Å². The molecule has 1 aliphatic rings. The summed E-state index contributed by atoms with van der Waals surface area (Å²) in [6.07, 6.45) is 1.50. The molecule has 6 nitrogen and oxygen atoms in total. The normalized spacial score (nSPS) is 20.0. The van der Waals surface area contributed by atoms with Crippen molar-refractivity contribution in [1.82, 2.24) is 9.03 Å². The van der Waals surface area contributed by atoms with Crippen molar-refractivity contribution in [2.75, 3.05) is 19.6 Å². The minimum Gasteiger partial charge on any atom is -0.211 e. The van der Waals surface area contributed by atoms with Crippen molar-refractivity contribution in [2.45, 2.75) is 31.6 Å². The molecule has 1 fully saturated rings. The number of hydrogen-bond acceptors (Lipinski definition) is 4. The number of rotatable bonds is 6. The first kappa shape index (κ1) is 19.1. The van der Waals surface area contributed by atoms with Crippen molar-refractivity contribution in [2.24, 2.45) is 5.92 Å². The van der Waals surface area contributed by atoms with Crippen LogP contribution in [0.2, 0.25) is 0 Å². The van der Waals surface area contributed by atoms with Gasteiger partial charge in [0.15, 0.2) is 0 Å². The molecule has 1 aromatic rings. The summed E-state index contributed by atoms with van der Waals surface area (Å²) in [4.78, 5) is 0.320. The van der Waals surface area contributed by atoms with Gasteiger partial charge in [-0.15, -0.1) is 0 Å². The molecule has 1 N–H and O–H groups in total. The van der Waals surface area contributed by atoms with E-state index in [0.717, 1.165) is 23.0 Å². The van der Waals surface area contributed by atoms with E-state index in [9.17, 15) is 16.8 Å². The molecule has 0 spiro atoms. The summed E-state index contributed by atoms with van der Waals surface area (Å²) < 4.78 is 52.6. The van der Waals surface area contributed by atoms with Crippen LogP contribution in [0.15, 0.2) is 35.1 Å². The fourth-order valence-electron chi connectivity index (χ4n) is 2.93. The van der Waals surface area contributed by atoms with Gasteiger partial charge in [-0.1, -0.05) is 24.3 Å². The number of hydrogen-bond donors (Lipinski definition) is 1. The van der Waals surface area contributed by atoms with Gasteiger partial charge >= 0.3 is 0 Å². The van der Waals surface area contributed by atoms with Gasteiger partial charge in [0.1, 0.15) is 0 Å². The lowest BCUT2D eigenvalue weighted by Crippen LogP contribution is -2.43. The van der Waals surface area contributed by atoms with Crippen molar-refractivity contribution in [3.8, 4) is 0 Å². The molecule has 1 saturated heterocycles. The molecule has 1 unspecified atom stereocenters. The van der Waals surface area contributed by atoms with Crippen molar-refractivity contribution in [3.63, 3.8) is 0 Å². The fourth-order valence-corrected chi connectivity index (χ4v) is 5.28. The maximum Gasteiger partial charge on any atom is 0.243 e. The van der Waals surface area contributed by atoms with Gasteiger partial charge in [0.05, 0.1) is 4.90 Å². The standard InChI is InChI=1S/C16H24N2O4S2/c1-4-23(19,20)17-11-15-6-5-9-18(12-15)24(21,22)16-8-7-13(2)10-14(16)3/h4,7-8,10,15,17H,1,5-6,9,11-12H2,2-3H3. The third-order valence-corrected chi connectivity index (χ3v) is 7.26. The Labute approximate surface area is 144 Å². The molecule has 1 aliphatic heterocycles. The van der Waals surface area contributed by atoms with Crippen molar-refractivity contribution in [3.05, 3.63) is 41.3 Å². The van der Waals surface area contributed by atoms with Crippen LogP contribution in [0.25, 0.3) is 0 Å². The van der Waals surface area contributed by atoms with Crippen molar-refractivity contribution >= 4 is 20.0 Å². The molecule has 0 saturated carbocycles. The Kier molecular flexibility index (Phi) is 5.85. The molecule has 1 aromatic carbocycles. The van der Waals surface area contributed by atoms with Crippen LogP contribution in [0.1, 0.15) is 24.0 Å². The maximum absolute atomic E-state index is 12.9. The summed E-state index contributed by atoms with van der Waals surface area (Å²) >= 11 is 0. The van der Waals surface area contributed by atoms with Crippen LogP contribution in [0.5, 0.6) is 0 Å². The number of aryl methyl sites for hydroxylation is 2. The molecule has 134 valence electrons. The molecule has 0 aromatic heterocycles. The number of nitrogens with zero attached hydrogens (tertiary/aromatic N) is 1. The van der Waals surface area contributed by atoms with Crippen LogP contribution in [0, 0.1) is 19.8 Å². The lowest BCUT2D eigenvalue weighted by atomic mass is 10.0. The van der Waals surface area contributed by atoms with Gasteiger partial charge in [0.2, 0.25) is 20.0 Å². The molecule has 0 amide bonds. The number of piperidine rings is 1. The van der Waals surface area contributed by atoms with Gasteiger partial charge < -0.3 is 0 Å². The Bertz CT molecular complexity index is 816. The first-order valence-corrected chi connectivity index (χ1v) is 10.8. The lowest BCUT2D eigenvalue weighted by Gasteiger charge is -2.32. The molecular formula is C16H24N2O4S2. The molecule has 2 rings (SSSR count). The third kappa shape index (κ3) is 4.44. The van der Waals surface area contributed by atoms with E-state index in [-0.39, 0.29) is 12.5 Å². The Morgan fingerprint density at radius 1 is 1.29 bits per heavy atom. The lowest BCUT2D eigenvalue weighted by molar-refractivity contribution is 0.267. The molecule has 8 heteroatoms. The van der Waals surface area contributed by atoms with Crippen LogP contribution in [-0.2, 0) is 20.0 Å². The van der Waals surface area contributed by atoms with Gasteiger partial charge in [-0.05, 0) is 44.2 Å².